The minimum Gasteiger partial charge on any atom is -0.286 e. The Morgan fingerprint density at radius 3 is 2.70 bits per heavy atom. The molecule has 0 N–H and O–H groups in total. The van der Waals surface area contributed by atoms with E-state index in [1.165, 1.54) is 0 Å². The average molecular weight is 285 g/mol. The molecule has 0 unspecified atom stereocenters. The van der Waals surface area contributed by atoms with E-state index in [0.29, 0.717) is 16.5 Å². The third kappa shape index (κ3) is 2.56. The SMILES string of the molecule is Cc1ccnc(N=c2cc(Cl)nc3cc(C)ccn23)c1. The Kier molecular flexibility index (Phi) is 3.24. The van der Waals surface area contributed by atoms with Crippen LogP contribution in [0.4, 0.5) is 5.82 Å². The highest BCUT2D eigenvalue weighted by Crippen LogP contribution is 2.10. The third-order valence-corrected chi connectivity index (χ3v) is 3.13. The van der Waals surface area contributed by atoms with Gasteiger partial charge in [-0.2, -0.15) is 0 Å². The van der Waals surface area contributed by atoms with Crippen LogP contribution in [-0.4, -0.2) is 14.4 Å². The topological polar surface area (TPSA) is 42.5 Å². The summed E-state index contributed by atoms with van der Waals surface area (Å²) in [5, 5.41) is 0.419. The summed E-state index contributed by atoms with van der Waals surface area (Å²) < 4.78 is 1.89. The van der Waals surface area contributed by atoms with Gasteiger partial charge in [-0.05, 0) is 49.2 Å². The molecule has 0 atom stereocenters. The van der Waals surface area contributed by atoms with Crippen molar-refractivity contribution in [2.75, 3.05) is 0 Å². The normalized spacial score (nSPS) is 12.1. The van der Waals surface area contributed by atoms with E-state index in [0.717, 1.165) is 16.8 Å². The van der Waals surface area contributed by atoms with Gasteiger partial charge in [-0.1, -0.05) is 11.6 Å². The zero-order chi connectivity index (χ0) is 14.1. The number of hydrogen-bond acceptors (Lipinski definition) is 3. The van der Waals surface area contributed by atoms with Crippen molar-refractivity contribution in [3.05, 3.63) is 64.5 Å². The lowest BCUT2D eigenvalue weighted by molar-refractivity contribution is 0.988. The van der Waals surface area contributed by atoms with E-state index >= 15 is 0 Å². The summed E-state index contributed by atoms with van der Waals surface area (Å²) >= 11 is 6.07. The molecule has 0 saturated carbocycles. The molecule has 0 fully saturated rings. The van der Waals surface area contributed by atoms with Crippen molar-refractivity contribution < 1.29 is 0 Å². The van der Waals surface area contributed by atoms with Crippen LogP contribution in [0.15, 0.2) is 47.7 Å². The molecule has 4 nitrogen and oxygen atoms in total. The monoisotopic (exact) mass is 284 g/mol. The fraction of sp³-hybridized carbons (Fsp3) is 0.133. The van der Waals surface area contributed by atoms with Crippen LogP contribution in [0, 0.1) is 13.8 Å². The molecule has 0 aliphatic rings. The Morgan fingerprint density at radius 2 is 1.90 bits per heavy atom. The lowest BCUT2D eigenvalue weighted by Crippen LogP contribution is -2.15. The van der Waals surface area contributed by atoms with Gasteiger partial charge < -0.3 is 0 Å². The summed E-state index contributed by atoms with van der Waals surface area (Å²) in [4.78, 5) is 13.1. The maximum Gasteiger partial charge on any atom is 0.154 e. The predicted molar refractivity (Wildman–Crippen MR) is 79.1 cm³/mol. The molecule has 0 aromatic carbocycles. The van der Waals surface area contributed by atoms with E-state index in [4.69, 9.17) is 11.6 Å². The number of aryl methyl sites for hydroxylation is 2. The van der Waals surface area contributed by atoms with Crippen LogP contribution in [0.1, 0.15) is 11.1 Å². The molecule has 0 aliphatic heterocycles. The molecule has 3 aromatic rings. The van der Waals surface area contributed by atoms with Crippen molar-refractivity contribution in [2.45, 2.75) is 13.8 Å². The summed E-state index contributed by atoms with van der Waals surface area (Å²) in [5.41, 5.74) is 3.71. The highest BCUT2D eigenvalue weighted by Gasteiger charge is 2.00. The van der Waals surface area contributed by atoms with Crippen LogP contribution in [0.5, 0.6) is 0 Å². The first kappa shape index (κ1) is 12.8. The van der Waals surface area contributed by atoms with Gasteiger partial charge in [0.25, 0.3) is 0 Å². The Bertz CT molecular complexity index is 847. The van der Waals surface area contributed by atoms with Gasteiger partial charge in [-0.15, -0.1) is 0 Å². The summed E-state index contributed by atoms with van der Waals surface area (Å²) in [6.45, 7) is 4.02. The number of hydrogen-bond donors (Lipinski definition) is 0. The van der Waals surface area contributed by atoms with Crippen molar-refractivity contribution in [1.29, 1.82) is 0 Å². The van der Waals surface area contributed by atoms with E-state index < -0.39 is 0 Å². The molecule has 0 aliphatic carbocycles. The number of aromatic nitrogens is 3. The Hall–Kier alpha value is -2.20. The van der Waals surface area contributed by atoms with Gasteiger partial charge in [-0.3, -0.25) is 4.40 Å². The van der Waals surface area contributed by atoms with Crippen LogP contribution in [-0.2, 0) is 0 Å². The molecular weight excluding hydrogens is 272 g/mol. The molecule has 0 bridgehead atoms. The van der Waals surface area contributed by atoms with Gasteiger partial charge >= 0.3 is 0 Å². The van der Waals surface area contributed by atoms with Crippen LogP contribution < -0.4 is 5.49 Å². The van der Waals surface area contributed by atoms with E-state index in [9.17, 15) is 0 Å². The van der Waals surface area contributed by atoms with Crippen molar-refractivity contribution >= 4 is 23.1 Å². The molecule has 0 saturated heterocycles. The number of pyridine rings is 2. The fourth-order valence-corrected chi connectivity index (χ4v) is 2.16. The van der Waals surface area contributed by atoms with Crippen molar-refractivity contribution in [3.63, 3.8) is 0 Å². The molecule has 3 heterocycles. The zero-order valence-corrected chi connectivity index (χ0v) is 12.0. The number of halogens is 1. The van der Waals surface area contributed by atoms with Gasteiger partial charge in [0, 0.05) is 18.5 Å². The highest BCUT2D eigenvalue weighted by molar-refractivity contribution is 6.29. The minimum absolute atomic E-state index is 0.419. The molecule has 3 rings (SSSR count). The molecule has 100 valence electrons. The zero-order valence-electron chi connectivity index (χ0n) is 11.2. The van der Waals surface area contributed by atoms with E-state index in [2.05, 4.69) is 15.0 Å². The molecule has 5 heteroatoms. The van der Waals surface area contributed by atoms with Gasteiger partial charge in [0.05, 0.1) is 0 Å². The number of nitrogens with zero attached hydrogens (tertiary/aromatic N) is 4. The van der Waals surface area contributed by atoms with E-state index in [1.807, 2.05) is 48.7 Å². The summed E-state index contributed by atoms with van der Waals surface area (Å²) in [6, 6.07) is 9.57. The fourth-order valence-electron chi connectivity index (χ4n) is 1.97. The van der Waals surface area contributed by atoms with Gasteiger partial charge in [0.2, 0.25) is 0 Å². The molecule has 0 amide bonds. The van der Waals surface area contributed by atoms with Crippen LogP contribution >= 0.6 is 11.6 Å². The quantitative estimate of drug-likeness (QED) is 0.644. The van der Waals surface area contributed by atoms with E-state index in [-0.39, 0.29) is 0 Å². The molecular formula is C15H13ClN4. The summed E-state index contributed by atoms with van der Waals surface area (Å²) in [7, 11) is 0. The van der Waals surface area contributed by atoms with Crippen molar-refractivity contribution in [3.8, 4) is 0 Å². The molecule has 3 aromatic heterocycles. The van der Waals surface area contributed by atoms with Crippen molar-refractivity contribution in [2.24, 2.45) is 4.99 Å². The van der Waals surface area contributed by atoms with E-state index in [1.54, 1.807) is 12.3 Å². The molecule has 20 heavy (non-hydrogen) atoms. The van der Waals surface area contributed by atoms with Gasteiger partial charge in [-0.25, -0.2) is 15.0 Å². The Morgan fingerprint density at radius 1 is 1.10 bits per heavy atom. The first-order valence-corrected chi connectivity index (χ1v) is 6.62. The lowest BCUT2D eigenvalue weighted by Gasteiger charge is -2.04. The third-order valence-electron chi connectivity index (χ3n) is 2.94. The maximum atomic E-state index is 6.07. The van der Waals surface area contributed by atoms with Crippen molar-refractivity contribution in [1.82, 2.24) is 14.4 Å². The summed E-state index contributed by atoms with van der Waals surface area (Å²) in [6.07, 6.45) is 3.68. The smallest absolute Gasteiger partial charge is 0.154 e. The summed E-state index contributed by atoms with van der Waals surface area (Å²) in [5.74, 6) is 0.654. The van der Waals surface area contributed by atoms with Gasteiger partial charge in [0.1, 0.15) is 16.3 Å². The second kappa shape index (κ2) is 5.06. The number of fused-ring (bicyclic) bond motifs is 1. The first-order valence-electron chi connectivity index (χ1n) is 6.25. The largest absolute Gasteiger partial charge is 0.286 e. The Labute approximate surface area is 121 Å². The second-order valence-corrected chi connectivity index (χ2v) is 5.06. The first-order chi connectivity index (χ1) is 9.61. The van der Waals surface area contributed by atoms with Gasteiger partial charge in [0.15, 0.2) is 5.82 Å². The minimum atomic E-state index is 0.419. The maximum absolute atomic E-state index is 6.07. The Balaban J connectivity index is 2.30. The predicted octanol–water partition coefficient (Wildman–Crippen LogP) is 3.23. The highest BCUT2D eigenvalue weighted by atomic mass is 35.5. The second-order valence-electron chi connectivity index (χ2n) is 4.67. The molecule has 0 radical (unpaired) electrons. The van der Waals surface area contributed by atoms with Crippen LogP contribution in [0.25, 0.3) is 5.65 Å². The standard InChI is InChI=1S/C15H13ClN4/c1-10-3-5-17-13(7-10)19-15-9-12(16)18-14-8-11(2)4-6-20(14)15/h3-9H,1-2H3. The van der Waals surface area contributed by atoms with Crippen LogP contribution in [0.2, 0.25) is 5.15 Å². The average Bonchev–Trinajstić information content (AvgIpc) is 2.37. The number of rotatable bonds is 1. The van der Waals surface area contributed by atoms with Crippen LogP contribution in [0.3, 0.4) is 0 Å². The lowest BCUT2D eigenvalue weighted by atomic mass is 10.3. The molecule has 0 spiro atoms.